The van der Waals surface area contributed by atoms with Crippen LogP contribution in [0.2, 0.25) is 0 Å². The van der Waals surface area contributed by atoms with Crippen LogP contribution in [0.5, 0.6) is 0 Å². The molecule has 2 heterocycles. The van der Waals surface area contributed by atoms with Gasteiger partial charge in [-0.05, 0) is 105 Å². The minimum Gasteiger partial charge on any atom is -0.456 e. The summed E-state index contributed by atoms with van der Waals surface area (Å²) in [6.07, 6.45) is 0. The third kappa shape index (κ3) is 3.31. The molecule has 2 aliphatic carbocycles. The first kappa shape index (κ1) is 27.1. The summed E-state index contributed by atoms with van der Waals surface area (Å²) >= 11 is 0. The summed E-state index contributed by atoms with van der Waals surface area (Å²) in [5, 5.41) is 2.31. The van der Waals surface area contributed by atoms with Crippen molar-refractivity contribution in [1.82, 2.24) is 0 Å². The number of rotatable bonds is 2. The second-order valence-electron chi connectivity index (χ2n) is 14.6. The van der Waals surface area contributed by atoms with E-state index >= 15 is 0 Å². The molecule has 0 saturated heterocycles. The van der Waals surface area contributed by atoms with Crippen molar-refractivity contribution in [2.45, 2.75) is 31.6 Å². The maximum absolute atomic E-state index is 6.35. The van der Waals surface area contributed by atoms with Crippen LogP contribution in [0.15, 0.2) is 150 Å². The molecule has 0 spiro atoms. The zero-order valence-electron chi connectivity index (χ0n) is 27.7. The molecule has 0 saturated carbocycles. The Morgan fingerprint density at radius 1 is 0.429 bits per heavy atom. The van der Waals surface area contributed by atoms with Crippen molar-refractivity contribution in [3.05, 3.63) is 173 Å². The number of fused-ring (bicyclic) bond motifs is 11. The smallest absolute Gasteiger partial charge is 0.136 e. The quantitative estimate of drug-likeness (QED) is 0.190. The van der Waals surface area contributed by atoms with Crippen LogP contribution in [0.3, 0.4) is 0 Å². The van der Waals surface area contributed by atoms with Crippen LogP contribution in [0, 0.1) is 0 Å². The van der Waals surface area contributed by atoms with Gasteiger partial charge in [0.05, 0.1) is 17.1 Å². The van der Waals surface area contributed by atoms with E-state index in [1.807, 2.05) is 6.07 Å². The zero-order chi connectivity index (χ0) is 32.6. The SMILES string of the molecule is CC1(C)c2ccccc2-c2cccc(N3c4cc(-c5ccc6c(c5)oc5ccccc56)ccc4C4(C)c5ccccc5-c5cccc3c54)c21. The van der Waals surface area contributed by atoms with E-state index in [-0.39, 0.29) is 10.8 Å². The molecule has 0 amide bonds. The van der Waals surface area contributed by atoms with Gasteiger partial charge in [-0.1, -0.05) is 123 Å². The summed E-state index contributed by atoms with van der Waals surface area (Å²) in [5.41, 5.74) is 19.7. The van der Waals surface area contributed by atoms with Gasteiger partial charge in [-0.15, -0.1) is 0 Å². The number of furan rings is 1. The van der Waals surface area contributed by atoms with E-state index in [0.29, 0.717) is 0 Å². The predicted octanol–water partition coefficient (Wildman–Crippen LogP) is 12.7. The number of para-hydroxylation sites is 1. The average Bonchev–Trinajstić information content (AvgIpc) is 3.73. The lowest BCUT2D eigenvalue weighted by molar-refractivity contribution is 0.658. The summed E-state index contributed by atoms with van der Waals surface area (Å²) in [6.45, 7) is 7.22. The highest BCUT2D eigenvalue weighted by Crippen LogP contribution is 2.64. The van der Waals surface area contributed by atoms with Gasteiger partial charge in [0, 0.05) is 21.6 Å². The first-order valence-corrected chi connectivity index (χ1v) is 17.3. The van der Waals surface area contributed by atoms with E-state index in [0.717, 1.165) is 27.5 Å². The molecule has 2 nitrogen and oxygen atoms in total. The van der Waals surface area contributed by atoms with Crippen LogP contribution in [0.1, 0.15) is 48.6 Å². The monoisotopic (exact) mass is 627 g/mol. The Balaban J connectivity index is 1.20. The molecule has 0 radical (unpaired) electrons. The lowest BCUT2D eigenvalue weighted by Crippen LogP contribution is -2.33. The highest BCUT2D eigenvalue weighted by Gasteiger charge is 2.49. The lowest BCUT2D eigenvalue weighted by atomic mass is 9.70. The van der Waals surface area contributed by atoms with Gasteiger partial charge in [0.1, 0.15) is 11.2 Å². The Labute approximate surface area is 285 Å². The summed E-state index contributed by atoms with van der Waals surface area (Å²) in [7, 11) is 0. The van der Waals surface area contributed by atoms with Crippen molar-refractivity contribution in [3.63, 3.8) is 0 Å². The summed E-state index contributed by atoms with van der Waals surface area (Å²) in [6, 6.07) is 53.9. The molecule has 0 N–H and O–H groups in total. The number of hydrogen-bond donors (Lipinski definition) is 0. The highest BCUT2D eigenvalue weighted by molar-refractivity contribution is 6.06. The fraction of sp³-hybridized carbons (Fsp3) is 0.106. The van der Waals surface area contributed by atoms with Crippen LogP contribution >= 0.6 is 0 Å². The molecule has 11 rings (SSSR count). The Hall–Kier alpha value is -5.86. The number of benzene rings is 7. The second-order valence-corrected chi connectivity index (χ2v) is 14.6. The normalized spacial score (nSPS) is 17.5. The molecule has 1 atom stereocenters. The van der Waals surface area contributed by atoms with Crippen molar-refractivity contribution in [1.29, 1.82) is 0 Å². The van der Waals surface area contributed by atoms with E-state index in [1.165, 1.54) is 72.7 Å². The maximum Gasteiger partial charge on any atom is 0.136 e. The van der Waals surface area contributed by atoms with Crippen LogP contribution in [0.25, 0.3) is 55.3 Å². The molecule has 49 heavy (non-hydrogen) atoms. The molecule has 3 aliphatic rings. The molecule has 2 heteroatoms. The molecule has 1 aliphatic heterocycles. The van der Waals surface area contributed by atoms with Gasteiger partial charge in [-0.3, -0.25) is 0 Å². The standard InChI is InChI=1S/C47H33NO/c1-46(2)36-17-7-4-12-30(36)34-15-10-19-39(44(34)46)48-40-20-11-16-35-31-13-5-8-18-37(31)47(3,45(35)40)38-25-23-28(26-41(38)48)29-22-24-33-32-14-6-9-21-42(32)49-43(33)27-29/h4-27H,1-3H3. The molecule has 1 unspecified atom stereocenters. The Kier molecular flexibility index (Phi) is 5.08. The highest BCUT2D eigenvalue weighted by atomic mass is 16.3. The Bertz CT molecular complexity index is 2730. The molecule has 232 valence electrons. The number of hydrogen-bond acceptors (Lipinski definition) is 2. The first-order chi connectivity index (χ1) is 23.9. The van der Waals surface area contributed by atoms with Gasteiger partial charge in [-0.25, -0.2) is 0 Å². The summed E-state index contributed by atoms with van der Waals surface area (Å²) in [4.78, 5) is 2.58. The van der Waals surface area contributed by atoms with Crippen LogP contribution < -0.4 is 4.90 Å². The number of nitrogens with zero attached hydrogens (tertiary/aromatic N) is 1. The summed E-state index contributed by atoms with van der Waals surface area (Å²) in [5.74, 6) is 0. The minimum atomic E-state index is -0.286. The van der Waals surface area contributed by atoms with Gasteiger partial charge in [0.15, 0.2) is 0 Å². The topological polar surface area (TPSA) is 16.4 Å². The fourth-order valence-electron chi connectivity index (χ4n) is 9.66. The van der Waals surface area contributed by atoms with E-state index in [1.54, 1.807) is 0 Å². The third-order valence-electron chi connectivity index (χ3n) is 11.8. The first-order valence-electron chi connectivity index (χ1n) is 17.3. The second kappa shape index (κ2) is 9.18. The van der Waals surface area contributed by atoms with Crippen LogP contribution in [-0.4, -0.2) is 0 Å². The van der Waals surface area contributed by atoms with Crippen molar-refractivity contribution >= 4 is 39.0 Å². The van der Waals surface area contributed by atoms with Crippen molar-refractivity contribution < 1.29 is 4.42 Å². The zero-order valence-corrected chi connectivity index (χ0v) is 27.7. The van der Waals surface area contributed by atoms with Gasteiger partial charge >= 0.3 is 0 Å². The van der Waals surface area contributed by atoms with E-state index in [4.69, 9.17) is 4.42 Å². The lowest BCUT2D eigenvalue weighted by Gasteiger charge is -2.44. The van der Waals surface area contributed by atoms with Gasteiger partial charge in [0.2, 0.25) is 0 Å². The molecule has 7 aromatic carbocycles. The molecular weight excluding hydrogens is 595 g/mol. The average molecular weight is 628 g/mol. The fourth-order valence-corrected chi connectivity index (χ4v) is 9.66. The molecule has 1 aromatic heterocycles. The van der Waals surface area contributed by atoms with Gasteiger partial charge < -0.3 is 9.32 Å². The van der Waals surface area contributed by atoms with Crippen molar-refractivity contribution in [2.24, 2.45) is 0 Å². The third-order valence-corrected chi connectivity index (χ3v) is 11.8. The largest absolute Gasteiger partial charge is 0.456 e. The van der Waals surface area contributed by atoms with Crippen LogP contribution in [-0.2, 0) is 10.8 Å². The van der Waals surface area contributed by atoms with Crippen molar-refractivity contribution in [2.75, 3.05) is 4.90 Å². The van der Waals surface area contributed by atoms with E-state index < -0.39 is 0 Å². The Morgan fingerprint density at radius 3 is 1.84 bits per heavy atom. The van der Waals surface area contributed by atoms with Crippen molar-refractivity contribution in [3.8, 4) is 33.4 Å². The minimum absolute atomic E-state index is 0.158. The van der Waals surface area contributed by atoms with Crippen LogP contribution in [0.4, 0.5) is 17.1 Å². The van der Waals surface area contributed by atoms with E-state index in [9.17, 15) is 0 Å². The predicted molar refractivity (Wildman–Crippen MR) is 202 cm³/mol. The van der Waals surface area contributed by atoms with E-state index in [2.05, 4.69) is 165 Å². The van der Waals surface area contributed by atoms with Gasteiger partial charge in [0.25, 0.3) is 0 Å². The summed E-state index contributed by atoms with van der Waals surface area (Å²) < 4.78 is 6.35. The molecule has 8 aromatic rings. The Morgan fingerprint density at radius 2 is 1.02 bits per heavy atom. The molecule has 0 fully saturated rings. The van der Waals surface area contributed by atoms with Gasteiger partial charge in [-0.2, -0.15) is 0 Å². The maximum atomic E-state index is 6.35. The molecular formula is C47H33NO. The number of anilines is 3. The molecule has 0 bridgehead atoms.